The maximum atomic E-state index is 5.54. The number of ether oxygens (including phenoxy) is 1. The molecule has 2 nitrogen and oxygen atoms in total. The van der Waals surface area contributed by atoms with Gasteiger partial charge in [-0.25, -0.2) is 0 Å². The van der Waals surface area contributed by atoms with Crippen LogP contribution < -0.4 is 5.32 Å². The fourth-order valence-corrected chi connectivity index (χ4v) is 2.27. The topological polar surface area (TPSA) is 21.3 Å². The monoisotopic (exact) mass is 199 g/mol. The van der Waals surface area contributed by atoms with Crippen LogP contribution in [-0.4, -0.2) is 25.8 Å². The fraction of sp³-hybridized carbons (Fsp3) is 1.00. The molecule has 0 heterocycles. The summed E-state index contributed by atoms with van der Waals surface area (Å²) in [5.41, 5.74) is 0. The average molecular weight is 199 g/mol. The zero-order chi connectivity index (χ0) is 10.2. The second kappa shape index (κ2) is 7.24. The van der Waals surface area contributed by atoms with Gasteiger partial charge in [-0.3, -0.25) is 0 Å². The van der Waals surface area contributed by atoms with E-state index < -0.39 is 0 Å². The van der Waals surface area contributed by atoms with Gasteiger partial charge in [-0.15, -0.1) is 0 Å². The molecule has 0 aromatic carbocycles. The van der Waals surface area contributed by atoms with Crippen LogP contribution >= 0.6 is 0 Å². The van der Waals surface area contributed by atoms with Crippen molar-refractivity contribution in [1.29, 1.82) is 0 Å². The SMILES string of the molecule is CCCNC1CCCCC1COCC. The first-order valence-corrected chi connectivity index (χ1v) is 6.19. The largest absolute Gasteiger partial charge is 0.381 e. The maximum absolute atomic E-state index is 5.54. The van der Waals surface area contributed by atoms with Gasteiger partial charge in [0.2, 0.25) is 0 Å². The summed E-state index contributed by atoms with van der Waals surface area (Å²) in [6, 6.07) is 0.718. The van der Waals surface area contributed by atoms with Crippen LogP contribution in [0.1, 0.15) is 46.0 Å². The van der Waals surface area contributed by atoms with E-state index in [0.717, 1.165) is 31.7 Å². The Labute approximate surface area is 88.4 Å². The van der Waals surface area contributed by atoms with Crippen LogP contribution in [0.5, 0.6) is 0 Å². The Morgan fingerprint density at radius 1 is 1.21 bits per heavy atom. The summed E-state index contributed by atoms with van der Waals surface area (Å²) in [4.78, 5) is 0. The molecule has 0 aliphatic heterocycles. The summed E-state index contributed by atoms with van der Waals surface area (Å²) in [5, 5.41) is 3.65. The van der Waals surface area contributed by atoms with Crippen molar-refractivity contribution in [2.75, 3.05) is 19.8 Å². The van der Waals surface area contributed by atoms with E-state index in [1.807, 2.05) is 0 Å². The minimum Gasteiger partial charge on any atom is -0.381 e. The van der Waals surface area contributed by atoms with Gasteiger partial charge in [-0.05, 0) is 38.6 Å². The van der Waals surface area contributed by atoms with E-state index in [-0.39, 0.29) is 0 Å². The fourth-order valence-electron chi connectivity index (χ4n) is 2.27. The van der Waals surface area contributed by atoms with Gasteiger partial charge < -0.3 is 10.1 Å². The average Bonchev–Trinajstić information content (AvgIpc) is 2.24. The predicted molar refractivity (Wildman–Crippen MR) is 60.5 cm³/mol. The van der Waals surface area contributed by atoms with Crippen molar-refractivity contribution in [2.45, 2.75) is 52.0 Å². The van der Waals surface area contributed by atoms with Crippen LogP contribution in [0.4, 0.5) is 0 Å². The van der Waals surface area contributed by atoms with Gasteiger partial charge in [0.15, 0.2) is 0 Å². The highest BCUT2D eigenvalue weighted by Crippen LogP contribution is 2.24. The Hall–Kier alpha value is -0.0800. The van der Waals surface area contributed by atoms with Crippen LogP contribution in [0.25, 0.3) is 0 Å². The van der Waals surface area contributed by atoms with E-state index in [1.165, 1.54) is 32.1 Å². The van der Waals surface area contributed by atoms with Gasteiger partial charge >= 0.3 is 0 Å². The van der Waals surface area contributed by atoms with E-state index in [2.05, 4.69) is 19.2 Å². The van der Waals surface area contributed by atoms with E-state index in [0.29, 0.717) is 0 Å². The van der Waals surface area contributed by atoms with Crippen molar-refractivity contribution in [3.8, 4) is 0 Å². The summed E-state index contributed by atoms with van der Waals surface area (Å²) in [5.74, 6) is 0.759. The third-order valence-electron chi connectivity index (χ3n) is 3.10. The summed E-state index contributed by atoms with van der Waals surface area (Å²) in [6.07, 6.45) is 6.71. The van der Waals surface area contributed by atoms with Gasteiger partial charge in [-0.1, -0.05) is 19.8 Å². The number of nitrogens with one attached hydrogen (secondary N) is 1. The van der Waals surface area contributed by atoms with Crippen molar-refractivity contribution in [3.05, 3.63) is 0 Å². The molecule has 0 aromatic heterocycles. The highest BCUT2D eigenvalue weighted by Gasteiger charge is 2.24. The van der Waals surface area contributed by atoms with Crippen molar-refractivity contribution >= 4 is 0 Å². The van der Waals surface area contributed by atoms with Gasteiger partial charge in [-0.2, -0.15) is 0 Å². The molecule has 0 saturated heterocycles. The molecule has 0 aromatic rings. The number of hydrogen-bond acceptors (Lipinski definition) is 2. The molecule has 0 radical (unpaired) electrons. The molecule has 2 heteroatoms. The lowest BCUT2D eigenvalue weighted by molar-refractivity contribution is 0.0778. The Bertz CT molecular complexity index is 122. The van der Waals surface area contributed by atoms with Crippen molar-refractivity contribution in [3.63, 3.8) is 0 Å². The van der Waals surface area contributed by atoms with Crippen molar-refractivity contribution in [1.82, 2.24) is 5.32 Å². The van der Waals surface area contributed by atoms with E-state index >= 15 is 0 Å². The van der Waals surface area contributed by atoms with Gasteiger partial charge in [0, 0.05) is 12.6 Å². The number of hydrogen-bond donors (Lipinski definition) is 1. The molecule has 1 N–H and O–H groups in total. The van der Waals surface area contributed by atoms with Crippen LogP contribution in [0, 0.1) is 5.92 Å². The zero-order valence-corrected chi connectivity index (χ0v) is 9.72. The lowest BCUT2D eigenvalue weighted by Gasteiger charge is -2.32. The van der Waals surface area contributed by atoms with E-state index in [9.17, 15) is 0 Å². The number of rotatable bonds is 6. The third kappa shape index (κ3) is 3.97. The molecule has 2 atom stereocenters. The third-order valence-corrected chi connectivity index (χ3v) is 3.10. The van der Waals surface area contributed by atoms with Gasteiger partial charge in [0.25, 0.3) is 0 Å². The predicted octanol–water partition coefficient (Wildman–Crippen LogP) is 2.58. The Kier molecular flexibility index (Phi) is 6.20. The normalized spacial score (nSPS) is 27.9. The molecular formula is C12H25NO. The quantitative estimate of drug-likeness (QED) is 0.710. The highest BCUT2D eigenvalue weighted by atomic mass is 16.5. The first kappa shape index (κ1) is 12.0. The van der Waals surface area contributed by atoms with Crippen molar-refractivity contribution in [2.24, 2.45) is 5.92 Å². The molecule has 1 aliphatic carbocycles. The Morgan fingerprint density at radius 2 is 2.00 bits per heavy atom. The molecule has 0 bridgehead atoms. The first-order chi connectivity index (χ1) is 6.88. The molecule has 0 amide bonds. The highest BCUT2D eigenvalue weighted by molar-refractivity contribution is 4.80. The first-order valence-electron chi connectivity index (χ1n) is 6.19. The van der Waals surface area contributed by atoms with Gasteiger partial charge in [0.1, 0.15) is 0 Å². The van der Waals surface area contributed by atoms with E-state index in [1.54, 1.807) is 0 Å². The minimum absolute atomic E-state index is 0.718. The smallest absolute Gasteiger partial charge is 0.0509 e. The lowest BCUT2D eigenvalue weighted by atomic mass is 9.85. The molecular weight excluding hydrogens is 174 g/mol. The maximum Gasteiger partial charge on any atom is 0.0509 e. The Balaban J connectivity index is 2.26. The van der Waals surface area contributed by atoms with Crippen LogP contribution in [0.3, 0.4) is 0 Å². The summed E-state index contributed by atoms with van der Waals surface area (Å²) < 4.78 is 5.54. The molecule has 0 spiro atoms. The molecule has 2 unspecified atom stereocenters. The Morgan fingerprint density at radius 3 is 2.71 bits per heavy atom. The molecule has 1 aliphatic rings. The zero-order valence-electron chi connectivity index (χ0n) is 9.72. The van der Waals surface area contributed by atoms with E-state index in [4.69, 9.17) is 4.74 Å². The summed E-state index contributed by atoms with van der Waals surface area (Å²) in [7, 11) is 0. The summed E-state index contributed by atoms with van der Waals surface area (Å²) in [6.45, 7) is 7.28. The standard InChI is InChI=1S/C12H25NO/c1-3-9-13-12-8-6-5-7-11(12)10-14-4-2/h11-13H,3-10H2,1-2H3. The summed E-state index contributed by atoms with van der Waals surface area (Å²) >= 11 is 0. The molecule has 14 heavy (non-hydrogen) atoms. The molecule has 1 fully saturated rings. The van der Waals surface area contributed by atoms with Crippen molar-refractivity contribution < 1.29 is 4.74 Å². The molecule has 84 valence electrons. The lowest BCUT2D eigenvalue weighted by Crippen LogP contribution is -2.40. The second-order valence-corrected chi connectivity index (χ2v) is 4.26. The van der Waals surface area contributed by atoms with Gasteiger partial charge in [0.05, 0.1) is 6.61 Å². The van der Waals surface area contributed by atoms with Crippen LogP contribution in [0.2, 0.25) is 0 Å². The van der Waals surface area contributed by atoms with Crippen LogP contribution in [-0.2, 0) is 4.74 Å². The molecule has 1 rings (SSSR count). The minimum atomic E-state index is 0.718. The second-order valence-electron chi connectivity index (χ2n) is 4.26. The molecule has 1 saturated carbocycles. The van der Waals surface area contributed by atoms with Crippen LogP contribution in [0.15, 0.2) is 0 Å².